The van der Waals surface area contributed by atoms with Crippen molar-refractivity contribution in [3.05, 3.63) is 21.9 Å². The van der Waals surface area contributed by atoms with Crippen molar-refractivity contribution in [2.45, 2.75) is 45.1 Å². The number of hydrazine groups is 1. The molecule has 2 nitrogen and oxygen atoms in total. The number of hydrogen-bond acceptors (Lipinski definition) is 3. The van der Waals surface area contributed by atoms with Gasteiger partial charge in [-0.05, 0) is 42.2 Å². The summed E-state index contributed by atoms with van der Waals surface area (Å²) in [5, 5.41) is 2.19. The molecule has 1 aromatic rings. The third-order valence-electron chi connectivity index (χ3n) is 3.49. The molecule has 3 heteroatoms. The quantitative estimate of drug-likeness (QED) is 0.609. The molecule has 0 saturated heterocycles. The smallest absolute Gasteiger partial charge is 0.0584 e. The number of rotatable bonds is 4. The monoisotopic (exact) mass is 224 g/mol. The van der Waals surface area contributed by atoms with Crippen molar-refractivity contribution < 1.29 is 0 Å². The molecule has 0 bridgehead atoms. The molecule has 1 aromatic heterocycles. The van der Waals surface area contributed by atoms with E-state index < -0.39 is 0 Å². The van der Waals surface area contributed by atoms with Gasteiger partial charge in [-0.25, -0.2) is 0 Å². The molecule has 1 unspecified atom stereocenters. The Morgan fingerprint density at radius 2 is 2.27 bits per heavy atom. The average molecular weight is 224 g/mol. The van der Waals surface area contributed by atoms with E-state index in [4.69, 9.17) is 5.84 Å². The van der Waals surface area contributed by atoms with Crippen LogP contribution >= 0.6 is 11.3 Å². The number of hydrogen-bond donors (Lipinski definition) is 2. The molecule has 3 N–H and O–H groups in total. The molecular weight excluding hydrogens is 204 g/mol. The average Bonchev–Trinajstić information content (AvgIpc) is 2.89. The number of nitrogens with one attached hydrogen (secondary N) is 1. The number of nitrogens with two attached hydrogens (primary N) is 1. The SMILES string of the molecule is CCc1ccsc1C(NN)C1CCCC1. The van der Waals surface area contributed by atoms with Crippen molar-refractivity contribution in [3.63, 3.8) is 0 Å². The molecule has 2 rings (SSSR count). The third-order valence-corrected chi connectivity index (χ3v) is 4.54. The second-order valence-electron chi connectivity index (χ2n) is 4.35. The van der Waals surface area contributed by atoms with Gasteiger partial charge in [-0.1, -0.05) is 19.8 Å². The van der Waals surface area contributed by atoms with E-state index in [1.807, 2.05) is 11.3 Å². The summed E-state index contributed by atoms with van der Waals surface area (Å²) in [6.07, 6.45) is 6.51. The van der Waals surface area contributed by atoms with Gasteiger partial charge >= 0.3 is 0 Å². The molecule has 0 radical (unpaired) electrons. The van der Waals surface area contributed by atoms with Crippen LogP contribution in [0.25, 0.3) is 0 Å². The van der Waals surface area contributed by atoms with Crippen LogP contribution in [0, 0.1) is 5.92 Å². The minimum atomic E-state index is 0.391. The first-order valence-corrected chi connectivity index (χ1v) is 6.77. The number of thiophene rings is 1. The van der Waals surface area contributed by atoms with E-state index in [1.54, 1.807) is 0 Å². The van der Waals surface area contributed by atoms with Gasteiger partial charge in [-0.2, -0.15) is 0 Å². The van der Waals surface area contributed by atoms with Crippen molar-refractivity contribution in [3.8, 4) is 0 Å². The Kier molecular flexibility index (Phi) is 3.78. The molecule has 1 saturated carbocycles. The summed E-state index contributed by atoms with van der Waals surface area (Å²) in [6.45, 7) is 2.22. The van der Waals surface area contributed by atoms with Gasteiger partial charge in [-0.15, -0.1) is 11.3 Å². The fourth-order valence-electron chi connectivity index (χ4n) is 2.63. The minimum absolute atomic E-state index is 0.391. The molecular formula is C12H20N2S. The van der Waals surface area contributed by atoms with Gasteiger partial charge in [-0.3, -0.25) is 11.3 Å². The van der Waals surface area contributed by atoms with Crippen LogP contribution in [0.4, 0.5) is 0 Å². The Bertz CT molecular complexity index is 302. The first-order chi connectivity index (χ1) is 7.36. The molecule has 0 aromatic carbocycles. The molecule has 1 aliphatic carbocycles. The summed E-state index contributed by atoms with van der Waals surface area (Å²) in [5.74, 6) is 6.47. The second kappa shape index (κ2) is 5.10. The molecule has 0 aliphatic heterocycles. The van der Waals surface area contributed by atoms with E-state index in [0.717, 1.165) is 12.3 Å². The van der Waals surface area contributed by atoms with Gasteiger partial charge in [0, 0.05) is 4.88 Å². The minimum Gasteiger partial charge on any atom is -0.271 e. The van der Waals surface area contributed by atoms with Crippen LogP contribution in [0.1, 0.15) is 49.1 Å². The summed E-state index contributed by atoms with van der Waals surface area (Å²) in [7, 11) is 0. The summed E-state index contributed by atoms with van der Waals surface area (Å²) in [6, 6.07) is 2.63. The lowest BCUT2D eigenvalue weighted by Crippen LogP contribution is -2.32. The third kappa shape index (κ3) is 2.25. The largest absolute Gasteiger partial charge is 0.271 e. The fraction of sp³-hybridized carbons (Fsp3) is 0.667. The lowest BCUT2D eigenvalue weighted by atomic mass is 9.95. The van der Waals surface area contributed by atoms with E-state index in [-0.39, 0.29) is 0 Å². The highest BCUT2D eigenvalue weighted by atomic mass is 32.1. The zero-order valence-electron chi connectivity index (χ0n) is 9.33. The second-order valence-corrected chi connectivity index (χ2v) is 5.30. The van der Waals surface area contributed by atoms with E-state index >= 15 is 0 Å². The molecule has 0 amide bonds. The Labute approximate surface area is 95.8 Å². The van der Waals surface area contributed by atoms with Crippen molar-refractivity contribution in [2.24, 2.45) is 11.8 Å². The first kappa shape index (κ1) is 11.1. The predicted octanol–water partition coefficient (Wildman–Crippen LogP) is 3.01. The van der Waals surface area contributed by atoms with Crippen LogP contribution in [0.3, 0.4) is 0 Å². The van der Waals surface area contributed by atoms with E-state index in [9.17, 15) is 0 Å². The van der Waals surface area contributed by atoms with Crippen LogP contribution in [0.15, 0.2) is 11.4 Å². The lowest BCUT2D eigenvalue weighted by molar-refractivity contribution is 0.377. The van der Waals surface area contributed by atoms with Crippen molar-refractivity contribution >= 4 is 11.3 Å². The zero-order chi connectivity index (χ0) is 10.7. The van der Waals surface area contributed by atoms with Crippen LogP contribution in [0.2, 0.25) is 0 Å². The summed E-state index contributed by atoms with van der Waals surface area (Å²) in [5.41, 5.74) is 4.50. The van der Waals surface area contributed by atoms with E-state index in [0.29, 0.717) is 6.04 Å². The Balaban J connectivity index is 2.17. The topological polar surface area (TPSA) is 38.0 Å². The van der Waals surface area contributed by atoms with Gasteiger partial charge in [0.05, 0.1) is 6.04 Å². The first-order valence-electron chi connectivity index (χ1n) is 5.89. The maximum absolute atomic E-state index is 5.72. The molecule has 1 aliphatic rings. The highest BCUT2D eigenvalue weighted by Crippen LogP contribution is 2.38. The van der Waals surface area contributed by atoms with Gasteiger partial charge < -0.3 is 0 Å². The summed E-state index contributed by atoms with van der Waals surface area (Å²) >= 11 is 1.85. The van der Waals surface area contributed by atoms with Gasteiger partial charge in [0.1, 0.15) is 0 Å². The Morgan fingerprint density at radius 1 is 1.53 bits per heavy atom. The molecule has 15 heavy (non-hydrogen) atoms. The zero-order valence-corrected chi connectivity index (χ0v) is 10.1. The molecule has 0 spiro atoms. The van der Waals surface area contributed by atoms with Crippen LogP contribution in [0.5, 0.6) is 0 Å². The van der Waals surface area contributed by atoms with Gasteiger partial charge in [0.15, 0.2) is 0 Å². The highest BCUT2D eigenvalue weighted by molar-refractivity contribution is 7.10. The molecule has 1 fully saturated rings. The van der Waals surface area contributed by atoms with Crippen LogP contribution < -0.4 is 11.3 Å². The van der Waals surface area contributed by atoms with Crippen LogP contribution in [-0.4, -0.2) is 0 Å². The molecule has 1 atom stereocenters. The van der Waals surface area contributed by atoms with Crippen molar-refractivity contribution in [1.82, 2.24) is 5.43 Å². The molecule has 84 valence electrons. The summed E-state index contributed by atoms with van der Waals surface area (Å²) in [4.78, 5) is 1.46. The lowest BCUT2D eigenvalue weighted by Gasteiger charge is -2.22. The van der Waals surface area contributed by atoms with Crippen molar-refractivity contribution in [1.29, 1.82) is 0 Å². The van der Waals surface area contributed by atoms with Crippen molar-refractivity contribution in [2.75, 3.05) is 0 Å². The predicted molar refractivity (Wildman–Crippen MR) is 65.7 cm³/mol. The normalized spacial score (nSPS) is 19.6. The van der Waals surface area contributed by atoms with Gasteiger partial charge in [0.25, 0.3) is 0 Å². The Morgan fingerprint density at radius 3 is 2.87 bits per heavy atom. The Hall–Kier alpha value is -0.380. The van der Waals surface area contributed by atoms with E-state index in [1.165, 1.54) is 36.1 Å². The standard InChI is InChI=1S/C12H20N2S/c1-2-9-7-8-15-12(9)11(14-13)10-5-3-4-6-10/h7-8,10-11,14H,2-6,13H2,1H3. The highest BCUT2D eigenvalue weighted by Gasteiger charge is 2.27. The maximum atomic E-state index is 5.72. The van der Waals surface area contributed by atoms with Crippen LogP contribution in [-0.2, 0) is 6.42 Å². The van der Waals surface area contributed by atoms with Gasteiger partial charge in [0.2, 0.25) is 0 Å². The molecule has 1 heterocycles. The fourth-order valence-corrected chi connectivity index (χ4v) is 3.78. The number of aryl methyl sites for hydroxylation is 1. The van der Waals surface area contributed by atoms with E-state index in [2.05, 4.69) is 23.8 Å². The summed E-state index contributed by atoms with van der Waals surface area (Å²) < 4.78 is 0. The maximum Gasteiger partial charge on any atom is 0.0584 e.